The second-order valence-corrected chi connectivity index (χ2v) is 9.69. The van der Waals surface area contributed by atoms with Gasteiger partial charge in [-0.15, -0.1) is 0 Å². The van der Waals surface area contributed by atoms with Crippen LogP contribution < -0.4 is 15.4 Å². The smallest absolute Gasteiger partial charge is 0.255 e. The van der Waals surface area contributed by atoms with Crippen LogP contribution in [0.3, 0.4) is 0 Å². The third-order valence-electron chi connectivity index (χ3n) is 7.06. The van der Waals surface area contributed by atoms with Gasteiger partial charge in [-0.3, -0.25) is 29.4 Å². The highest BCUT2D eigenvalue weighted by Crippen LogP contribution is 2.31. The molecule has 5 rings (SSSR count). The number of ether oxygens (including phenoxy) is 1. The number of hydrogen-bond acceptors (Lipinski definition) is 6. The Bertz CT molecular complexity index is 1180. The van der Waals surface area contributed by atoms with Gasteiger partial charge in [0, 0.05) is 45.1 Å². The molecule has 36 heavy (non-hydrogen) atoms. The number of piperidine rings is 2. The molecule has 0 aromatic heterocycles. The Labute approximate surface area is 209 Å². The summed E-state index contributed by atoms with van der Waals surface area (Å²) in [6, 6.07) is 14.8. The molecule has 0 saturated carbocycles. The normalized spacial score (nSPS) is 24.3. The Morgan fingerprint density at radius 3 is 2.67 bits per heavy atom. The predicted octanol–water partition coefficient (Wildman–Crippen LogP) is 1.61. The van der Waals surface area contributed by atoms with Gasteiger partial charge < -0.3 is 15.0 Å². The molecule has 9 nitrogen and oxygen atoms in total. The molecule has 0 radical (unpaired) electrons. The lowest BCUT2D eigenvalue weighted by Crippen LogP contribution is -2.55. The van der Waals surface area contributed by atoms with Crippen molar-refractivity contribution in [2.24, 2.45) is 0 Å². The van der Waals surface area contributed by atoms with Gasteiger partial charge in [-0.2, -0.15) is 0 Å². The maximum Gasteiger partial charge on any atom is 0.255 e. The number of imide groups is 1. The van der Waals surface area contributed by atoms with Crippen LogP contribution >= 0.6 is 0 Å². The van der Waals surface area contributed by atoms with Crippen LogP contribution in [0.4, 0.5) is 0 Å². The van der Waals surface area contributed by atoms with Gasteiger partial charge in [-0.05, 0) is 42.2 Å². The highest BCUT2D eigenvalue weighted by molar-refractivity contribution is 6.05. The number of rotatable bonds is 6. The van der Waals surface area contributed by atoms with Gasteiger partial charge in [-0.25, -0.2) is 0 Å². The minimum Gasteiger partial charge on any atom is -0.487 e. The molecule has 2 aromatic carbocycles. The third-order valence-corrected chi connectivity index (χ3v) is 7.06. The quantitative estimate of drug-likeness (QED) is 0.596. The Hall–Kier alpha value is -3.72. The fraction of sp³-hybridized carbons (Fsp3) is 0.407. The Morgan fingerprint density at radius 1 is 1.11 bits per heavy atom. The molecule has 0 bridgehead atoms. The standard InChI is InChI=1S/C27H30N4O5/c1-17(32)28-22-11-12-30(14-18-5-3-2-4-6-18)16-24(22)36-20-7-8-21-19(13-20)15-31(27(21)35)23-9-10-25(33)29-26(23)34/h2-8,13,22-24H,9-12,14-16H2,1H3,(H,28,32)(H,29,33,34)/t22-,23?,24-/m0/s1. The number of nitrogens with zero attached hydrogens (tertiary/aromatic N) is 2. The summed E-state index contributed by atoms with van der Waals surface area (Å²) in [5.74, 6) is -0.423. The molecule has 2 N–H and O–H groups in total. The van der Waals surface area contributed by atoms with Crippen molar-refractivity contribution in [1.82, 2.24) is 20.4 Å². The first-order chi connectivity index (χ1) is 17.4. The fourth-order valence-electron chi connectivity index (χ4n) is 5.31. The zero-order valence-electron chi connectivity index (χ0n) is 20.2. The van der Waals surface area contributed by atoms with E-state index in [1.807, 2.05) is 24.3 Å². The summed E-state index contributed by atoms with van der Waals surface area (Å²) in [5.41, 5.74) is 2.55. The zero-order valence-corrected chi connectivity index (χ0v) is 20.2. The lowest BCUT2D eigenvalue weighted by atomic mass is 10.0. The Balaban J connectivity index is 1.30. The average Bonchev–Trinajstić information content (AvgIpc) is 3.16. The summed E-state index contributed by atoms with van der Waals surface area (Å²) in [6.07, 6.45) is 1.05. The zero-order chi connectivity index (χ0) is 25.2. The topological polar surface area (TPSA) is 108 Å². The molecule has 0 aliphatic carbocycles. The molecule has 1 unspecified atom stereocenters. The fourth-order valence-corrected chi connectivity index (χ4v) is 5.31. The van der Waals surface area contributed by atoms with E-state index in [2.05, 4.69) is 27.7 Å². The third kappa shape index (κ3) is 5.11. The summed E-state index contributed by atoms with van der Waals surface area (Å²) in [5, 5.41) is 5.35. The van der Waals surface area contributed by atoms with Gasteiger partial charge in [0.05, 0.1) is 6.04 Å². The van der Waals surface area contributed by atoms with E-state index in [1.54, 1.807) is 12.1 Å². The van der Waals surface area contributed by atoms with Crippen LogP contribution in [0, 0.1) is 0 Å². The number of hydrogen-bond donors (Lipinski definition) is 2. The van der Waals surface area contributed by atoms with E-state index in [-0.39, 0.29) is 42.8 Å². The van der Waals surface area contributed by atoms with Crippen molar-refractivity contribution in [3.8, 4) is 5.75 Å². The molecule has 3 atom stereocenters. The van der Waals surface area contributed by atoms with Gasteiger partial charge in [0.15, 0.2) is 0 Å². The minimum atomic E-state index is -0.652. The van der Waals surface area contributed by atoms with E-state index in [0.29, 0.717) is 24.3 Å². The molecular weight excluding hydrogens is 460 g/mol. The lowest BCUT2D eigenvalue weighted by molar-refractivity contribution is -0.137. The van der Waals surface area contributed by atoms with E-state index in [4.69, 9.17) is 4.74 Å². The summed E-state index contributed by atoms with van der Waals surface area (Å²) >= 11 is 0. The van der Waals surface area contributed by atoms with Crippen molar-refractivity contribution >= 4 is 23.6 Å². The van der Waals surface area contributed by atoms with Gasteiger partial charge in [-0.1, -0.05) is 30.3 Å². The average molecular weight is 491 g/mol. The van der Waals surface area contributed by atoms with Crippen LogP contribution in [0.5, 0.6) is 5.75 Å². The number of carbonyl (C=O) groups is 4. The molecule has 2 saturated heterocycles. The molecule has 0 spiro atoms. The second kappa shape index (κ2) is 10.1. The molecule has 2 fully saturated rings. The largest absolute Gasteiger partial charge is 0.487 e. The molecule has 4 amide bonds. The van der Waals surface area contributed by atoms with Crippen LogP contribution in [-0.4, -0.2) is 64.7 Å². The van der Waals surface area contributed by atoms with E-state index in [1.165, 1.54) is 17.4 Å². The Morgan fingerprint density at radius 2 is 1.92 bits per heavy atom. The summed E-state index contributed by atoms with van der Waals surface area (Å²) < 4.78 is 6.40. The molecule has 2 aromatic rings. The van der Waals surface area contributed by atoms with E-state index < -0.39 is 11.9 Å². The van der Waals surface area contributed by atoms with Gasteiger partial charge in [0.2, 0.25) is 17.7 Å². The van der Waals surface area contributed by atoms with Crippen LogP contribution in [0.1, 0.15) is 47.7 Å². The highest BCUT2D eigenvalue weighted by atomic mass is 16.5. The first kappa shape index (κ1) is 24.0. The minimum absolute atomic E-state index is 0.0930. The van der Waals surface area contributed by atoms with Gasteiger partial charge >= 0.3 is 0 Å². The Kier molecular flexibility index (Phi) is 6.73. The van der Waals surface area contributed by atoms with Crippen LogP contribution in [0.2, 0.25) is 0 Å². The van der Waals surface area contributed by atoms with Crippen molar-refractivity contribution in [3.05, 3.63) is 65.2 Å². The molecule has 9 heteroatoms. The van der Waals surface area contributed by atoms with Crippen molar-refractivity contribution in [3.63, 3.8) is 0 Å². The molecule has 3 heterocycles. The van der Waals surface area contributed by atoms with E-state index in [9.17, 15) is 19.2 Å². The number of fused-ring (bicyclic) bond motifs is 1. The number of amides is 4. The van der Waals surface area contributed by atoms with Crippen molar-refractivity contribution < 1.29 is 23.9 Å². The van der Waals surface area contributed by atoms with Crippen LogP contribution in [0.25, 0.3) is 0 Å². The van der Waals surface area contributed by atoms with Gasteiger partial charge in [0.1, 0.15) is 17.9 Å². The molecule has 188 valence electrons. The first-order valence-electron chi connectivity index (χ1n) is 12.3. The number of carbonyl (C=O) groups excluding carboxylic acids is 4. The van der Waals surface area contributed by atoms with E-state index in [0.717, 1.165) is 25.1 Å². The molecule has 3 aliphatic rings. The van der Waals surface area contributed by atoms with Crippen molar-refractivity contribution in [2.45, 2.75) is 57.5 Å². The first-order valence-corrected chi connectivity index (χ1v) is 12.3. The SMILES string of the molecule is CC(=O)N[C@H]1CCN(Cc2ccccc2)C[C@@H]1Oc1ccc2c(c1)CN(C1CCC(=O)NC1=O)C2=O. The summed E-state index contributed by atoms with van der Waals surface area (Å²) in [6.45, 7) is 4.10. The number of benzene rings is 2. The van der Waals surface area contributed by atoms with Crippen molar-refractivity contribution in [1.29, 1.82) is 0 Å². The highest BCUT2D eigenvalue weighted by Gasteiger charge is 2.39. The maximum absolute atomic E-state index is 13.0. The monoisotopic (exact) mass is 490 g/mol. The maximum atomic E-state index is 13.0. The number of likely N-dealkylation sites (tertiary alicyclic amines) is 1. The van der Waals surface area contributed by atoms with E-state index >= 15 is 0 Å². The van der Waals surface area contributed by atoms with Crippen LogP contribution in [0.15, 0.2) is 48.5 Å². The summed E-state index contributed by atoms with van der Waals surface area (Å²) in [4.78, 5) is 52.5. The summed E-state index contributed by atoms with van der Waals surface area (Å²) in [7, 11) is 0. The van der Waals surface area contributed by atoms with Crippen molar-refractivity contribution in [2.75, 3.05) is 13.1 Å². The molecule has 3 aliphatic heterocycles. The number of nitrogens with one attached hydrogen (secondary N) is 2. The second-order valence-electron chi connectivity index (χ2n) is 9.69. The van der Waals surface area contributed by atoms with Gasteiger partial charge in [0.25, 0.3) is 5.91 Å². The van der Waals surface area contributed by atoms with Crippen LogP contribution in [-0.2, 0) is 27.5 Å². The predicted molar refractivity (Wildman–Crippen MR) is 131 cm³/mol. The lowest BCUT2D eigenvalue weighted by Gasteiger charge is -2.38. The molecular formula is C27H30N4O5.